The topological polar surface area (TPSA) is 141 Å². The van der Waals surface area contributed by atoms with Gasteiger partial charge in [0.15, 0.2) is 0 Å². The lowest BCUT2D eigenvalue weighted by atomic mass is 10.2. The predicted octanol–water partition coefficient (Wildman–Crippen LogP) is 4.16. The van der Waals surface area contributed by atoms with Gasteiger partial charge in [-0.1, -0.05) is 24.3 Å². The van der Waals surface area contributed by atoms with Crippen molar-refractivity contribution >= 4 is 32.5 Å². The smallest absolute Gasteiger partial charge is 0.462 e. The Labute approximate surface area is 183 Å². The van der Waals surface area contributed by atoms with Crippen molar-refractivity contribution in [1.82, 2.24) is 0 Å². The predicted molar refractivity (Wildman–Crippen MR) is 108 cm³/mol. The van der Waals surface area contributed by atoms with Gasteiger partial charge < -0.3 is 28.0 Å². The second kappa shape index (κ2) is 12.1. The van der Waals surface area contributed by atoms with Gasteiger partial charge in [-0.05, 0) is 38.1 Å². The van der Waals surface area contributed by atoms with E-state index in [0.29, 0.717) is 0 Å². The molecule has 0 N–H and O–H groups in total. The minimum absolute atomic E-state index is 0.0677. The zero-order valence-electron chi connectivity index (χ0n) is 17.0. The molecule has 0 aliphatic carbocycles. The van der Waals surface area contributed by atoms with Crippen molar-refractivity contribution in [3.8, 4) is 11.5 Å². The summed E-state index contributed by atoms with van der Waals surface area (Å²) in [7, 11) is -3.74. The summed E-state index contributed by atoms with van der Waals surface area (Å²) in [5.74, 6) is -1.92. The molecule has 0 amide bonds. The average molecular weight is 466 g/mol. The van der Waals surface area contributed by atoms with Crippen LogP contribution in [0, 0.1) is 0 Å². The van der Waals surface area contributed by atoms with Crippen LogP contribution in [0.15, 0.2) is 48.5 Å². The fourth-order valence-corrected chi connectivity index (χ4v) is 2.64. The molecule has 2 aromatic rings. The highest BCUT2D eigenvalue weighted by molar-refractivity contribution is 7.34. The van der Waals surface area contributed by atoms with Gasteiger partial charge in [-0.2, -0.15) is 0 Å². The first-order chi connectivity index (χ1) is 15.3. The molecule has 0 radical (unpaired) electrons. The Morgan fingerprint density at radius 3 is 1.44 bits per heavy atom. The minimum atomic E-state index is -3.74. The largest absolute Gasteiger partial charge is 0.521 e. The summed E-state index contributed by atoms with van der Waals surface area (Å²) in [5.41, 5.74) is -0.135. The molecule has 170 valence electrons. The lowest BCUT2D eigenvalue weighted by molar-refractivity contribution is 0.0512. The van der Waals surface area contributed by atoms with Gasteiger partial charge in [-0.25, -0.2) is 23.7 Å². The second-order valence-electron chi connectivity index (χ2n) is 5.59. The molecule has 32 heavy (non-hydrogen) atoms. The van der Waals surface area contributed by atoms with Crippen molar-refractivity contribution in [1.29, 1.82) is 0 Å². The van der Waals surface area contributed by atoms with Crippen LogP contribution in [0.2, 0.25) is 0 Å². The number of rotatable bonds is 8. The van der Waals surface area contributed by atoms with Gasteiger partial charge in [-0.15, -0.1) is 0 Å². The first-order valence-electron chi connectivity index (χ1n) is 9.21. The Morgan fingerprint density at radius 1 is 0.688 bits per heavy atom. The summed E-state index contributed by atoms with van der Waals surface area (Å²) in [4.78, 5) is 47.4. The number of carbonyl (C=O) groups excluding carboxylic acids is 4. The van der Waals surface area contributed by atoms with E-state index in [-0.39, 0.29) is 35.8 Å². The van der Waals surface area contributed by atoms with E-state index in [1.54, 1.807) is 13.8 Å². The molecule has 0 saturated carbocycles. The lowest BCUT2D eigenvalue weighted by Gasteiger charge is -2.10. The maximum atomic E-state index is 11.9. The quantitative estimate of drug-likeness (QED) is 0.240. The van der Waals surface area contributed by atoms with Gasteiger partial charge >= 0.3 is 32.5 Å². The Morgan fingerprint density at radius 2 is 1.06 bits per heavy atom. The van der Waals surface area contributed by atoms with Gasteiger partial charge in [0.2, 0.25) is 0 Å². The third-order valence-corrected chi connectivity index (χ3v) is 4.15. The van der Waals surface area contributed by atoms with Crippen LogP contribution in [0.1, 0.15) is 34.6 Å². The highest BCUT2D eigenvalue weighted by Gasteiger charge is 2.22. The van der Waals surface area contributed by atoms with Crippen molar-refractivity contribution in [3.63, 3.8) is 0 Å². The van der Waals surface area contributed by atoms with Crippen LogP contribution in [0.3, 0.4) is 0 Å². The van der Waals surface area contributed by atoms with E-state index in [4.69, 9.17) is 18.9 Å². The highest BCUT2D eigenvalue weighted by Crippen LogP contribution is 2.28. The third-order valence-electron chi connectivity index (χ3n) is 3.48. The zero-order chi connectivity index (χ0) is 23.5. The van der Waals surface area contributed by atoms with E-state index in [2.05, 4.69) is 9.05 Å². The molecule has 0 bridgehead atoms. The van der Waals surface area contributed by atoms with Crippen LogP contribution in [0.25, 0.3) is 0 Å². The maximum absolute atomic E-state index is 11.9. The molecule has 0 aromatic heterocycles. The van der Waals surface area contributed by atoms with E-state index in [9.17, 15) is 23.7 Å². The molecule has 2 rings (SSSR count). The molecule has 2 aromatic carbocycles. The van der Waals surface area contributed by atoms with Crippen LogP contribution in [-0.4, -0.2) is 37.5 Å². The van der Waals surface area contributed by atoms with E-state index >= 15 is 0 Å². The molecule has 12 heteroatoms. The number of hydrogen-bond donors (Lipinski definition) is 0. The molecule has 0 fully saturated rings. The van der Waals surface area contributed by atoms with E-state index in [1.165, 1.54) is 48.5 Å². The van der Waals surface area contributed by atoms with Crippen LogP contribution in [-0.2, 0) is 23.1 Å². The maximum Gasteiger partial charge on any atom is 0.521 e. The molecular weight excluding hydrogens is 447 g/mol. The zero-order valence-corrected chi connectivity index (χ0v) is 18.0. The summed E-state index contributed by atoms with van der Waals surface area (Å²) < 4.78 is 40.0. The Kier molecular flexibility index (Phi) is 9.24. The van der Waals surface area contributed by atoms with E-state index < -0.39 is 32.5 Å². The van der Waals surface area contributed by atoms with E-state index in [0.717, 1.165) is 0 Å². The summed E-state index contributed by atoms with van der Waals surface area (Å²) in [5, 5.41) is 0. The van der Waals surface area contributed by atoms with Gasteiger partial charge in [0.1, 0.15) is 22.6 Å². The Hall–Kier alpha value is -3.85. The van der Waals surface area contributed by atoms with Gasteiger partial charge in [-0.3, -0.25) is 0 Å². The van der Waals surface area contributed by atoms with Crippen molar-refractivity contribution in [3.05, 3.63) is 59.7 Å². The molecule has 11 nitrogen and oxygen atoms in total. The van der Waals surface area contributed by atoms with Crippen molar-refractivity contribution in [2.24, 2.45) is 0 Å². The fraction of sp³-hybridized carbons (Fsp3) is 0.200. The minimum Gasteiger partial charge on any atom is -0.462 e. The van der Waals surface area contributed by atoms with Crippen LogP contribution < -0.4 is 9.47 Å². The summed E-state index contributed by atoms with van der Waals surface area (Å²) in [6, 6.07) is 11.2. The number of carbonyl (C=O) groups is 4. The van der Waals surface area contributed by atoms with Gasteiger partial charge in [0.25, 0.3) is 0 Å². The highest BCUT2D eigenvalue weighted by atomic mass is 31.1. The van der Waals surface area contributed by atoms with Crippen molar-refractivity contribution in [2.75, 3.05) is 13.2 Å². The SMILES string of the molecule is CCOC(=O)c1ccccc1OC(=O)O[PH](=O)OC(=O)Oc1ccccc1C(=O)OCC. The second-order valence-corrected chi connectivity index (χ2v) is 6.50. The molecule has 0 aliphatic heterocycles. The van der Waals surface area contributed by atoms with Crippen LogP contribution in [0.5, 0.6) is 11.5 Å². The first-order valence-corrected chi connectivity index (χ1v) is 10.4. The molecule has 0 spiro atoms. The fourth-order valence-electron chi connectivity index (χ4n) is 2.24. The Bertz CT molecular complexity index is 939. The number of esters is 2. The number of hydrogen-bond acceptors (Lipinski definition) is 11. The molecule has 0 unspecified atom stereocenters. The Balaban J connectivity index is 1.95. The molecular formula is C20H19O11P. The van der Waals surface area contributed by atoms with Gasteiger partial charge in [0.05, 0.1) is 13.2 Å². The van der Waals surface area contributed by atoms with E-state index in [1.807, 2.05) is 0 Å². The monoisotopic (exact) mass is 466 g/mol. The lowest BCUT2D eigenvalue weighted by Crippen LogP contribution is -2.14. The molecule has 0 heterocycles. The molecule has 0 aliphatic rings. The standard InChI is InChI=1S/C20H19O11P/c1-3-26-17(21)13-9-5-7-11-15(13)28-19(23)30-32(25)31-20(24)29-16-12-8-6-10-14(16)18(22)27-4-2/h5-12,32H,3-4H2,1-2H3. The number of benzene rings is 2. The first kappa shape index (κ1) is 24.4. The van der Waals surface area contributed by atoms with Crippen LogP contribution in [0.4, 0.5) is 9.59 Å². The van der Waals surface area contributed by atoms with Gasteiger partial charge in [0, 0.05) is 0 Å². The van der Waals surface area contributed by atoms with Crippen LogP contribution >= 0.6 is 8.25 Å². The van der Waals surface area contributed by atoms with Crippen molar-refractivity contribution in [2.45, 2.75) is 13.8 Å². The normalized spacial score (nSPS) is 10.1. The number of para-hydroxylation sites is 2. The third kappa shape index (κ3) is 7.13. The average Bonchev–Trinajstić information content (AvgIpc) is 2.74. The summed E-state index contributed by atoms with van der Waals surface area (Å²) in [6.45, 7) is 3.40. The molecule has 0 atom stereocenters. The number of ether oxygens (including phenoxy) is 4. The summed E-state index contributed by atoms with van der Waals surface area (Å²) >= 11 is 0. The molecule has 0 saturated heterocycles. The summed E-state index contributed by atoms with van der Waals surface area (Å²) in [6.07, 6.45) is -2.99. The van der Waals surface area contributed by atoms with Crippen molar-refractivity contribution < 1.29 is 51.7 Å².